The SMILES string of the molecule is O=C(CSc1nc(=O)n(Cc2ccco2)c2c1CCC2)Nc1ccc(F)c(F)c1. The number of carbonyl (C=O) groups is 1. The smallest absolute Gasteiger partial charge is 0.349 e. The van der Waals surface area contributed by atoms with Gasteiger partial charge in [0.05, 0.1) is 18.6 Å². The number of hydrogen-bond donors (Lipinski definition) is 1. The first-order chi connectivity index (χ1) is 14.0. The van der Waals surface area contributed by atoms with Crippen LogP contribution in [0.4, 0.5) is 14.5 Å². The van der Waals surface area contributed by atoms with Crippen molar-refractivity contribution in [1.82, 2.24) is 9.55 Å². The summed E-state index contributed by atoms with van der Waals surface area (Å²) in [5, 5.41) is 3.05. The molecule has 6 nitrogen and oxygen atoms in total. The minimum absolute atomic E-state index is 0.0000721. The molecule has 1 amide bonds. The largest absolute Gasteiger partial charge is 0.467 e. The van der Waals surface area contributed by atoms with Crippen molar-refractivity contribution < 1.29 is 18.0 Å². The van der Waals surface area contributed by atoms with Gasteiger partial charge < -0.3 is 9.73 Å². The summed E-state index contributed by atoms with van der Waals surface area (Å²) in [7, 11) is 0. The lowest BCUT2D eigenvalue weighted by atomic mass is 10.2. The van der Waals surface area contributed by atoms with Crippen LogP contribution >= 0.6 is 11.8 Å². The van der Waals surface area contributed by atoms with E-state index in [2.05, 4.69) is 10.3 Å². The summed E-state index contributed by atoms with van der Waals surface area (Å²) < 4.78 is 33.2. The van der Waals surface area contributed by atoms with E-state index >= 15 is 0 Å². The summed E-state index contributed by atoms with van der Waals surface area (Å²) >= 11 is 1.16. The van der Waals surface area contributed by atoms with Crippen molar-refractivity contribution in [2.45, 2.75) is 30.8 Å². The maximum Gasteiger partial charge on any atom is 0.349 e. The number of benzene rings is 1. The van der Waals surface area contributed by atoms with Gasteiger partial charge in [-0.1, -0.05) is 11.8 Å². The van der Waals surface area contributed by atoms with Crippen LogP contribution in [0.5, 0.6) is 0 Å². The second kappa shape index (κ2) is 8.20. The first-order valence-electron chi connectivity index (χ1n) is 9.04. The van der Waals surface area contributed by atoms with E-state index in [-0.39, 0.29) is 17.1 Å². The Bertz CT molecular complexity index is 1110. The molecule has 0 atom stereocenters. The van der Waals surface area contributed by atoms with Gasteiger partial charge in [0.25, 0.3) is 0 Å². The first kappa shape index (κ1) is 19.4. The van der Waals surface area contributed by atoms with E-state index < -0.39 is 17.5 Å². The van der Waals surface area contributed by atoms with E-state index in [1.807, 2.05) is 0 Å². The molecule has 0 saturated heterocycles. The Morgan fingerprint density at radius 2 is 2.10 bits per heavy atom. The molecule has 2 heterocycles. The molecule has 0 radical (unpaired) electrons. The van der Waals surface area contributed by atoms with Gasteiger partial charge in [-0.05, 0) is 43.5 Å². The molecule has 150 valence electrons. The number of thioether (sulfide) groups is 1. The molecule has 1 N–H and O–H groups in total. The molecule has 0 spiro atoms. The summed E-state index contributed by atoms with van der Waals surface area (Å²) in [6.07, 6.45) is 4.02. The van der Waals surface area contributed by atoms with Crippen LogP contribution in [0.1, 0.15) is 23.4 Å². The average molecular weight is 417 g/mol. The standard InChI is InChI=1S/C20H17F2N3O3S/c21-15-7-6-12(9-16(15)22)23-18(26)11-29-19-14-4-1-5-17(14)25(20(27)24-19)10-13-3-2-8-28-13/h2-3,6-9H,1,4-5,10-11H2,(H,23,26). The van der Waals surface area contributed by atoms with Crippen molar-refractivity contribution in [3.63, 3.8) is 0 Å². The van der Waals surface area contributed by atoms with Crippen LogP contribution in [0.15, 0.2) is 50.8 Å². The molecular formula is C20H17F2N3O3S. The van der Waals surface area contributed by atoms with Crippen molar-refractivity contribution in [3.05, 3.63) is 75.7 Å². The van der Waals surface area contributed by atoms with E-state index in [9.17, 15) is 18.4 Å². The number of carbonyl (C=O) groups excluding carboxylic acids is 1. The highest BCUT2D eigenvalue weighted by atomic mass is 32.2. The Kier molecular flexibility index (Phi) is 5.48. The van der Waals surface area contributed by atoms with Gasteiger partial charge in [0.1, 0.15) is 10.8 Å². The highest BCUT2D eigenvalue weighted by Gasteiger charge is 2.23. The van der Waals surface area contributed by atoms with Crippen molar-refractivity contribution >= 4 is 23.4 Å². The maximum absolute atomic E-state index is 13.3. The molecule has 29 heavy (non-hydrogen) atoms. The molecule has 2 aromatic heterocycles. The number of fused-ring (bicyclic) bond motifs is 1. The third kappa shape index (κ3) is 4.24. The molecule has 0 unspecified atom stereocenters. The fourth-order valence-electron chi connectivity index (χ4n) is 3.33. The number of nitrogens with zero attached hydrogens (tertiary/aromatic N) is 2. The van der Waals surface area contributed by atoms with Gasteiger partial charge in [-0.2, -0.15) is 4.98 Å². The van der Waals surface area contributed by atoms with E-state index in [1.165, 1.54) is 6.07 Å². The molecular weight excluding hydrogens is 400 g/mol. The van der Waals surface area contributed by atoms with Gasteiger partial charge in [-0.15, -0.1) is 0 Å². The summed E-state index contributed by atoms with van der Waals surface area (Å²) in [6, 6.07) is 6.73. The Morgan fingerprint density at radius 3 is 2.86 bits per heavy atom. The molecule has 1 aliphatic carbocycles. The quantitative estimate of drug-likeness (QED) is 0.492. The van der Waals surface area contributed by atoms with Crippen LogP contribution in [0.3, 0.4) is 0 Å². The lowest BCUT2D eigenvalue weighted by Gasteiger charge is -2.13. The zero-order chi connectivity index (χ0) is 20.4. The van der Waals surface area contributed by atoms with Crippen LogP contribution in [-0.4, -0.2) is 21.2 Å². The van der Waals surface area contributed by atoms with Crippen LogP contribution < -0.4 is 11.0 Å². The third-order valence-electron chi connectivity index (χ3n) is 4.64. The third-order valence-corrected chi connectivity index (χ3v) is 5.66. The lowest BCUT2D eigenvalue weighted by Crippen LogP contribution is -2.28. The Morgan fingerprint density at radius 1 is 1.24 bits per heavy atom. The zero-order valence-corrected chi connectivity index (χ0v) is 16.1. The molecule has 0 fully saturated rings. The van der Waals surface area contributed by atoms with Gasteiger partial charge in [-0.3, -0.25) is 9.36 Å². The highest BCUT2D eigenvalue weighted by molar-refractivity contribution is 8.00. The normalized spacial score (nSPS) is 12.8. The molecule has 0 saturated carbocycles. The number of hydrogen-bond acceptors (Lipinski definition) is 5. The first-order valence-corrected chi connectivity index (χ1v) is 10.0. The number of rotatable bonds is 6. The predicted molar refractivity (Wildman–Crippen MR) is 104 cm³/mol. The molecule has 4 rings (SSSR count). The Balaban J connectivity index is 1.48. The molecule has 9 heteroatoms. The fourth-order valence-corrected chi connectivity index (χ4v) is 4.21. The number of halogens is 2. The second-order valence-corrected chi connectivity index (χ2v) is 7.57. The Hall–Kier alpha value is -2.94. The van der Waals surface area contributed by atoms with Gasteiger partial charge in [0, 0.05) is 23.0 Å². The molecule has 0 bridgehead atoms. The predicted octanol–water partition coefficient (Wildman–Crippen LogP) is 3.38. The van der Waals surface area contributed by atoms with Crippen molar-refractivity contribution in [2.24, 2.45) is 0 Å². The molecule has 1 aliphatic rings. The van der Waals surface area contributed by atoms with Gasteiger partial charge in [-0.25, -0.2) is 13.6 Å². The zero-order valence-electron chi connectivity index (χ0n) is 15.3. The van der Waals surface area contributed by atoms with Gasteiger partial charge in [0.15, 0.2) is 11.6 Å². The molecule has 0 aliphatic heterocycles. The minimum atomic E-state index is -1.03. The van der Waals surface area contributed by atoms with Crippen LogP contribution in [0.2, 0.25) is 0 Å². The number of nitrogens with one attached hydrogen (secondary N) is 1. The summed E-state index contributed by atoms with van der Waals surface area (Å²) in [6.45, 7) is 0.322. The van der Waals surface area contributed by atoms with Crippen LogP contribution in [0.25, 0.3) is 0 Å². The highest BCUT2D eigenvalue weighted by Crippen LogP contribution is 2.29. The topological polar surface area (TPSA) is 77.1 Å². The lowest BCUT2D eigenvalue weighted by molar-refractivity contribution is -0.113. The summed E-state index contributed by atoms with van der Waals surface area (Å²) in [5.74, 6) is -1.73. The maximum atomic E-state index is 13.3. The molecule has 1 aromatic carbocycles. The van der Waals surface area contributed by atoms with E-state index in [0.29, 0.717) is 17.3 Å². The number of furan rings is 1. The summed E-state index contributed by atoms with van der Waals surface area (Å²) in [4.78, 5) is 28.9. The number of anilines is 1. The van der Waals surface area contributed by atoms with E-state index in [1.54, 1.807) is 23.0 Å². The minimum Gasteiger partial charge on any atom is -0.467 e. The van der Waals surface area contributed by atoms with Crippen LogP contribution in [0, 0.1) is 11.6 Å². The fraction of sp³-hybridized carbons (Fsp3) is 0.250. The van der Waals surface area contributed by atoms with E-state index in [0.717, 1.165) is 54.4 Å². The van der Waals surface area contributed by atoms with Gasteiger partial charge in [0.2, 0.25) is 5.91 Å². The van der Waals surface area contributed by atoms with Gasteiger partial charge >= 0.3 is 5.69 Å². The van der Waals surface area contributed by atoms with E-state index in [4.69, 9.17) is 4.42 Å². The van der Waals surface area contributed by atoms with Crippen LogP contribution in [-0.2, 0) is 24.2 Å². The van der Waals surface area contributed by atoms with Crippen molar-refractivity contribution in [1.29, 1.82) is 0 Å². The number of aromatic nitrogens is 2. The monoisotopic (exact) mass is 417 g/mol. The molecule has 3 aromatic rings. The number of amides is 1. The second-order valence-electron chi connectivity index (χ2n) is 6.61. The van der Waals surface area contributed by atoms with Crippen molar-refractivity contribution in [2.75, 3.05) is 11.1 Å². The average Bonchev–Trinajstić information content (AvgIpc) is 3.37. The summed E-state index contributed by atoms with van der Waals surface area (Å²) in [5.41, 5.74) is 1.68. The Labute approximate surface area is 169 Å². The van der Waals surface area contributed by atoms with Crippen molar-refractivity contribution in [3.8, 4) is 0 Å².